The van der Waals surface area contributed by atoms with Crippen molar-refractivity contribution in [2.75, 3.05) is 10.7 Å². The first kappa shape index (κ1) is 15.2. The predicted octanol–water partition coefficient (Wildman–Crippen LogP) is 5.37. The number of benzene rings is 1. The molecule has 0 N–H and O–H groups in total. The maximum absolute atomic E-state index is 3.69. The number of halogens is 2. The molecule has 96 valence electrons. The van der Waals surface area contributed by atoms with Crippen molar-refractivity contribution in [1.29, 1.82) is 0 Å². The highest BCUT2D eigenvalue weighted by atomic mass is 79.9. The third-order valence-electron chi connectivity index (χ3n) is 3.36. The highest BCUT2D eigenvalue weighted by Crippen LogP contribution is 2.33. The summed E-state index contributed by atoms with van der Waals surface area (Å²) < 4.78 is 0. The van der Waals surface area contributed by atoms with Gasteiger partial charge in [-0.3, -0.25) is 0 Å². The van der Waals surface area contributed by atoms with E-state index in [1.54, 1.807) is 0 Å². The predicted molar refractivity (Wildman–Crippen MR) is 84.5 cm³/mol. The van der Waals surface area contributed by atoms with Crippen LogP contribution in [0.15, 0.2) is 24.3 Å². The Kier molecular flexibility index (Phi) is 6.79. The average Bonchev–Trinajstić information content (AvgIpc) is 2.39. The van der Waals surface area contributed by atoms with Crippen LogP contribution < -0.4 is 0 Å². The van der Waals surface area contributed by atoms with Crippen molar-refractivity contribution in [2.45, 2.75) is 39.5 Å². The summed E-state index contributed by atoms with van der Waals surface area (Å²) in [4.78, 5) is 0. The van der Waals surface area contributed by atoms with E-state index in [2.05, 4.69) is 70.0 Å². The number of aryl methyl sites for hydroxylation is 1. The summed E-state index contributed by atoms with van der Waals surface area (Å²) in [7, 11) is 0. The van der Waals surface area contributed by atoms with Gasteiger partial charge in [-0.05, 0) is 35.8 Å². The molecule has 0 fully saturated rings. The summed E-state index contributed by atoms with van der Waals surface area (Å²) in [5.74, 6) is 0. The fraction of sp³-hybridized carbons (Fsp3) is 0.600. The molecule has 0 amide bonds. The molecular formula is C15H22Br2. The molecule has 0 aromatic heterocycles. The lowest BCUT2D eigenvalue weighted by molar-refractivity contribution is 0.352. The van der Waals surface area contributed by atoms with Gasteiger partial charge < -0.3 is 0 Å². The molecule has 0 saturated heterocycles. The van der Waals surface area contributed by atoms with Gasteiger partial charge in [-0.1, -0.05) is 76.4 Å². The SMILES string of the molecule is CCCC(CBr)(CBr)Cc1ccc(CC)cc1. The van der Waals surface area contributed by atoms with Crippen LogP contribution in [0, 0.1) is 5.41 Å². The highest BCUT2D eigenvalue weighted by Gasteiger charge is 2.27. The molecule has 1 aromatic carbocycles. The topological polar surface area (TPSA) is 0 Å². The largest absolute Gasteiger partial charge is 0.0922 e. The molecule has 0 aliphatic rings. The van der Waals surface area contributed by atoms with E-state index in [0.29, 0.717) is 5.41 Å². The van der Waals surface area contributed by atoms with E-state index < -0.39 is 0 Å². The van der Waals surface area contributed by atoms with Crippen molar-refractivity contribution in [1.82, 2.24) is 0 Å². The van der Waals surface area contributed by atoms with Crippen LogP contribution in [0.1, 0.15) is 37.8 Å². The first-order valence-corrected chi connectivity index (χ1v) is 8.63. The molecule has 0 heterocycles. The Bertz CT molecular complexity index is 312. The van der Waals surface area contributed by atoms with Crippen LogP contribution in [0.3, 0.4) is 0 Å². The average molecular weight is 362 g/mol. The van der Waals surface area contributed by atoms with Gasteiger partial charge in [-0.15, -0.1) is 0 Å². The van der Waals surface area contributed by atoms with Crippen LogP contribution in [-0.4, -0.2) is 10.7 Å². The van der Waals surface area contributed by atoms with Crippen molar-refractivity contribution in [3.05, 3.63) is 35.4 Å². The van der Waals surface area contributed by atoms with E-state index in [4.69, 9.17) is 0 Å². The summed E-state index contributed by atoms with van der Waals surface area (Å²) in [5.41, 5.74) is 3.24. The van der Waals surface area contributed by atoms with Crippen molar-refractivity contribution in [2.24, 2.45) is 5.41 Å². The monoisotopic (exact) mass is 360 g/mol. The van der Waals surface area contributed by atoms with Crippen LogP contribution in [0.5, 0.6) is 0 Å². The molecule has 0 aliphatic carbocycles. The quantitative estimate of drug-likeness (QED) is 0.573. The van der Waals surface area contributed by atoms with Gasteiger partial charge in [0, 0.05) is 10.7 Å². The zero-order valence-corrected chi connectivity index (χ0v) is 14.0. The summed E-state index contributed by atoms with van der Waals surface area (Å²) in [6.07, 6.45) is 4.78. The molecule has 0 atom stereocenters. The Morgan fingerprint density at radius 2 is 1.47 bits per heavy atom. The molecule has 0 spiro atoms. The Morgan fingerprint density at radius 3 is 1.88 bits per heavy atom. The molecule has 0 unspecified atom stereocenters. The second-order valence-electron chi connectivity index (χ2n) is 4.86. The fourth-order valence-corrected chi connectivity index (χ4v) is 4.09. The molecule has 1 aromatic rings. The second kappa shape index (κ2) is 7.58. The number of alkyl halides is 2. The molecule has 0 saturated carbocycles. The molecule has 0 aliphatic heterocycles. The lowest BCUT2D eigenvalue weighted by Crippen LogP contribution is -2.27. The fourth-order valence-electron chi connectivity index (χ4n) is 2.21. The third kappa shape index (κ3) is 4.40. The molecule has 0 nitrogen and oxygen atoms in total. The Labute approximate surface area is 122 Å². The molecule has 0 radical (unpaired) electrons. The van der Waals surface area contributed by atoms with Gasteiger partial charge in [0.05, 0.1) is 0 Å². The molecular weight excluding hydrogens is 340 g/mol. The highest BCUT2D eigenvalue weighted by molar-refractivity contribution is 9.09. The van der Waals surface area contributed by atoms with E-state index in [-0.39, 0.29) is 0 Å². The zero-order chi connectivity index (χ0) is 12.7. The summed E-state index contributed by atoms with van der Waals surface area (Å²) in [5, 5.41) is 2.13. The van der Waals surface area contributed by atoms with Gasteiger partial charge in [-0.25, -0.2) is 0 Å². The van der Waals surface area contributed by atoms with E-state index in [1.165, 1.54) is 24.0 Å². The zero-order valence-electron chi connectivity index (χ0n) is 10.8. The number of rotatable bonds is 7. The minimum Gasteiger partial charge on any atom is -0.0922 e. The van der Waals surface area contributed by atoms with Crippen molar-refractivity contribution >= 4 is 31.9 Å². The summed E-state index contributed by atoms with van der Waals surface area (Å²) in [6, 6.07) is 9.09. The smallest absolute Gasteiger partial charge is 0.00991 e. The standard InChI is InChI=1S/C15H22Br2/c1-3-9-15(11-16,12-17)10-14-7-5-13(4-2)6-8-14/h5-8H,3-4,9-12H2,1-2H3. The van der Waals surface area contributed by atoms with Crippen molar-refractivity contribution in [3.63, 3.8) is 0 Å². The Hall–Kier alpha value is 0.180. The van der Waals surface area contributed by atoms with Crippen LogP contribution >= 0.6 is 31.9 Å². The summed E-state index contributed by atoms with van der Waals surface area (Å²) in [6.45, 7) is 4.47. The van der Waals surface area contributed by atoms with E-state index in [1.807, 2.05) is 0 Å². The first-order chi connectivity index (χ1) is 8.19. The lowest BCUT2D eigenvalue weighted by Gasteiger charge is -2.30. The van der Waals surface area contributed by atoms with Gasteiger partial charge in [0.1, 0.15) is 0 Å². The van der Waals surface area contributed by atoms with Crippen LogP contribution in [0.2, 0.25) is 0 Å². The third-order valence-corrected chi connectivity index (χ3v) is 5.74. The minimum absolute atomic E-state index is 0.364. The Balaban J connectivity index is 2.77. The number of hydrogen-bond donors (Lipinski definition) is 0. The normalized spacial score (nSPS) is 11.8. The molecule has 2 heteroatoms. The molecule has 1 rings (SSSR count). The van der Waals surface area contributed by atoms with Gasteiger partial charge in [0.2, 0.25) is 0 Å². The van der Waals surface area contributed by atoms with Crippen LogP contribution in [0.25, 0.3) is 0 Å². The first-order valence-electron chi connectivity index (χ1n) is 6.39. The van der Waals surface area contributed by atoms with Gasteiger partial charge in [0.25, 0.3) is 0 Å². The second-order valence-corrected chi connectivity index (χ2v) is 5.99. The minimum atomic E-state index is 0.364. The van der Waals surface area contributed by atoms with Gasteiger partial charge in [0.15, 0.2) is 0 Å². The van der Waals surface area contributed by atoms with E-state index >= 15 is 0 Å². The van der Waals surface area contributed by atoms with E-state index in [0.717, 1.165) is 23.5 Å². The van der Waals surface area contributed by atoms with E-state index in [9.17, 15) is 0 Å². The maximum Gasteiger partial charge on any atom is 0.00991 e. The summed E-state index contributed by atoms with van der Waals surface area (Å²) >= 11 is 7.38. The number of hydrogen-bond acceptors (Lipinski definition) is 0. The Morgan fingerprint density at radius 1 is 0.941 bits per heavy atom. The van der Waals surface area contributed by atoms with Crippen molar-refractivity contribution < 1.29 is 0 Å². The molecule has 17 heavy (non-hydrogen) atoms. The van der Waals surface area contributed by atoms with Crippen molar-refractivity contribution in [3.8, 4) is 0 Å². The lowest BCUT2D eigenvalue weighted by atomic mass is 9.81. The van der Waals surface area contributed by atoms with Gasteiger partial charge >= 0.3 is 0 Å². The van der Waals surface area contributed by atoms with Crippen LogP contribution in [-0.2, 0) is 12.8 Å². The molecule has 0 bridgehead atoms. The van der Waals surface area contributed by atoms with Gasteiger partial charge in [-0.2, -0.15) is 0 Å². The maximum atomic E-state index is 3.69. The van der Waals surface area contributed by atoms with Crippen LogP contribution in [0.4, 0.5) is 0 Å².